The molecule has 4 heteroatoms. The Morgan fingerprint density at radius 2 is 1.00 bits per heavy atom. The molecule has 130 valence electrons. The lowest BCUT2D eigenvalue weighted by atomic mass is 10.3. The van der Waals surface area contributed by atoms with Crippen LogP contribution in [0.5, 0.6) is 11.5 Å². The Bertz CT molecular complexity index is 514. The molecule has 0 fully saturated rings. The quantitative estimate of drug-likeness (QED) is 0.582. The Morgan fingerprint density at radius 3 is 1.33 bits per heavy atom. The fourth-order valence-electron chi connectivity index (χ4n) is 2.19. The van der Waals surface area contributed by atoms with E-state index in [0.29, 0.717) is 0 Å². The largest absolute Gasteiger partial charge is 0.494 e. The Balaban J connectivity index is 1.67. The lowest BCUT2D eigenvalue weighted by Gasteiger charge is -2.11. The van der Waals surface area contributed by atoms with Gasteiger partial charge in [0.2, 0.25) is 0 Å². The van der Waals surface area contributed by atoms with Crippen molar-refractivity contribution in [3.63, 3.8) is 0 Å². The highest BCUT2D eigenvalue weighted by Crippen LogP contribution is 2.17. The molecule has 2 N–H and O–H groups in total. The molecule has 0 aromatic heterocycles. The van der Waals surface area contributed by atoms with E-state index in [1.165, 1.54) is 0 Å². The van der Waals surface area contributed by atoms with Gasteiger partial charge >= 0.3 is 0 Å². The first-order valence-electron chi connectivity index (χ1n) is 8.75. The SMILES string of the molecule is CCCOc1ccc(NCCNc2ccc(OCCC)cc2)cc1. The lowest BCUT2D eigenvalue weighted by molar-refractivity contribution is 0.317. The molecule has 24 heavy (non-hydrogen) atoms. The van der Waals surface area contributed by atoms with Crippen LogP contribution >= 0.6 is 0 Å². The summed E-state index contributed by atoms with van der Waals surface area (Å²) in [5.74, 6) is 1.84. The van der Waals surface area contributed by atoms with Crippen LogP contribution < -0.4 is 20.1 Å². The molecule has 0 atom stereocenters. The normalized spacial score (nSPS) is 10.2. The molecule has 2 aromatic carbocycles. The van der Waals surface area contributed by atoms with Crippen molar-refractivity contribution >= 4 is 11.4 Å². The van der Waals surface area contributed by atoms with Crippen LogP contribution in [0.1, 0.15) is 26.7 Å². The summed E-state index contributed by atoms with van der Waals surface area (Å²) in [5.41, 5.74) is 2.20. The first kappa shape index (κ1) is 18.0. The fourth-order valence-corrected chi connectivity index (χ4v) is 2.19. The van der Waals surface area contributed by atoms with Crippen molar-refractivity contribution in [2.75, 3.05) is 36.9 Å². The van der Waals surface area contributed by atoms with Crippen molar-refractivity contribution < 1.29 is 9.47 Å². The molecule has 0 heterocycles. The monoisotopic (exact) mass is 328 g/mol. The molecule has 0 aliphatic rings. The first-order valence-corrected chi connectivity index (χ1v) is 8.75. The Morgan fingerprint density at radius 1 is 0.625 bits per heavy atom. The van der Waals surface area contributed by atoms with Gasteiger partial charge in [-0.1, -0.05) is 13.8 Å². The van der Waals surface area contributed by atoms with E-state index in [-0.39, 0.29) is 0 Å². The van der Waals surface area contributed by atoms with Crippen molar-refractivity contribution in [1.82, 2.24) is 0 Å². The lowest BCUT2D eigenvalue weighted by Crippen LogP contribution is -2.13. The van der Waals surface area contributed by atoms with Gasteiger partial charge in [0.15, 0.2) is 0 Å². The van der Waals surface area contributed by atoms with Gasteiger partial charge in [0.05, 0.1) is 13.2 Å². The maximum Gasteiger partial charge on any atom is 0.119 e. The molecule has 0 amide bonds. The number of benzene rings is 2. The number of anilines is 2. The summed E-state index contributed by atoms with van der Waals surface area (Å²) < 4.78 is 11.2. The van der Waals surface area contributed by atoms with Crippen LogP contribution in [0.4, 0.5) is 11.4 Å². The maximum atomic E-state index is 5.58. The summed E-state index contributed by atoms with van der Waals surface area (Å²) in [6.07, 6.45) is 2.05. The third-order valence-corrected chi connectivity index (χ3v) is 3.44. The minimum atomic E-state index is 0.763. The highest BCUT2D eigenvalue weighted by molar-refractivity contribution is 5.48. The van der Waals surface area contributed by atoms with Crippen LogP contribution in [0.15, 0.2) is 48.5 Å². The highest BCUT2D eigenvalue weighted by atomic mass is 16.5. The summed E-state index contributed by atoms with van der Waals surface area (Å²) in [6, 6.07) is 16.2. The van der Waals surface area contributed by atoms with E-state index in [1.54, 1.807) is 0 Å². The zero-order valence-corrected chi connectivity index (χ0v) is 14.7. The minimum absolute atomic E-state index is 0.763. The van der Waals surface area contributed by atoms with Crippen LogP contribution in [0.25, 0.3) is 0 Å². The number of nitrogens with one attached hydrogen (secondary N) is 2. The Hall–Kier alpha value is -2.36. The van der Waals surface area contributed by atoms with Gasteiger partial charge in [-0.15, -0.1) is 0 Å². The van der Waals surface area contributed by atoms with Crippen LogP contribution in [0, 0.1) is 0 Å². The molecule has 0 aliphatic heterocycles. The molecular weight excluding hydrogens is 300 g/mol. The minimum Gasteiger partial charge on any atom is -0.494 e. The number of ether oxygens (including phenoxy) is 2. The predicted octanol–water partition coefficient (Wildman–Crippen LogP) is 4.79. The molecule has 0 saturated heterocycles. The van der Waals surface area contributed by atoms with Crippen molar-refractivity contribution in [1.29, 1.82) is 0 Å². The standard InChI is InChI=1S/C20H28N2O2/c1-3-15-23-19-9-5-17(6-10-19)21-13-14-22-18-7-11-20(12-8-18)24-16-4-2/h5-12,21-22H,3-4,13-16H2,1-2H3. The van der Waals surface area contributed by atoms with E-state index >= 15 is 0 Å². The molecule has 4 nitrogen and oxygen atoms in total. The molecule has 0 bridgehead atoms. The van der Waals surface area contributed by atoms with Gasteiger partial charge in [0, 0.05) is 24.5 Å². The highest BCUT2D eigenvalue weighted by Gasteiger charge is 1.97. The van der Waals surface area contributed by atoms with Gasteiger partial charge < -0.3 is 20.1 Å². The Kier molecular flexibility index (Phi) is 7.81. The smallest absolute Gasteiger partial charge is 0.119 e. The van der Waals surface area contributed by atoms with Crippen LogP contribution in [0.2, 0.25) is 0 Å². The molecular formula is C20H28N2O2. The second-order valence-electron chi connectivity index (χ2n) is 5.60. The zero-order chi connectivity index (χ0) is 17.0. The number of hydrogen-bond acceptors (Lipinski definition) is 4. The molecule has 0 unspecified atom stereocenters. The van der Waals surface area contributed by atoms with Gasteiger partial charge in [-0.25, -0.2) is 0 Å². The summed E-state index contributed by atoms with van der Waals surface area (Å²) >= 11 is 0. The summed E-state index contributed by atoms with van der Waals surface area (Å²) in [5, 5.41) is 6.79. The van der Waals surface area contributed by atoms with E-state index in [2.05, 4.69) is 24.5 Å². The van der Waals surface area contributed by atoms with Crippen molar-refractivity contribution in [3.05, 3.63) is 48.5 Å². The van der Waals surface area contributed by atoms with E-state index < -0.39 is 0 Å². The summed E-state index contributed by atoms with van der Waals surface area (Å²) in [7, 11) is 0. The molecule has 0 spiro atoms. The average Bonchev–Trinajstić information content (AvgIpc) is 2.64. The van der Waals surface area contributed by atoms with E-state index in [9.17, 15) is 0 Å². The van der Waals surface area contributed by atoms with Crippen molar-refractivity contribution in [2.24, 2.45) is 0 Å². The molecule has 0 aliphatic carbocycles. The Labute approximate surface area is 145 Å². The van der Waals surface area contributed by atoms with Crippen LogP contribution in [-0.2, 0) is 0 Å². The first-order chi connectivity index (χ1) is 11.8. The second-order valence-corrected chi connectivity index (χ2v) is 5.60. The topological polar surface area (TPSA) is 42.5 Å². The van der Waals surface area contributed by atoms with Gasteiger partial charge in [-0.2, -0.15) is 0 Å². The second kappa shape index (κ2) is 10.4. The van der Waals surface area contributed by atoms with Crippen molar-refractivity contribution in [2.45, 2.75) is 26.7 Å². The molecule has 0 saturated carbocycles. The fraction of sp³-hybridized carbons (Fsp3) is 0.400. The molecule has 0 radical (unpaired) electrons. The third kappa shape index (κ3) is 6.41. The van der Waals surface area contributed by atoms with Crippen molar-refractivity contribution in [3.8, 4) is 11.5 Å². The molecule has 2 aromatic rings. The van der Waals surface area contributed by atoms with E-state index in [1.807, 2.05) is 48.5 Å². The van der Waals surface area contributed by atoms with E-state index in [0.717, 1.165) is 62.0 Å². The summed E-state index contributed by atoms with van der Waals surface area (Å²) in [6.45, 7) is 7.44. The van der Waals surface area contributed by atoms with Crippen LogP contribution in [0.3, 0.4) is 0 Å². The third-order valence-electron chi connectivity index (χ3n) is 3.44. The van der Waals surface area contributed by atoms with Gasteiger partial charge in [0.25, 0.3) is 0 Å². The maximum absolute atomic E-state index is 5.58. The van der Waals surface area contributed by atoms with E-state index in [4.69, 9.17) is 9.47 Å². The van der Waals surface area contributed by atoms with Gasteiger partial charge in [-0.3, -0.25) is 0 Å². The predicted molar refractivity (Wildman–Crippen MR) is 101 cm³/mol. The number of rotatable bonds is 11. The summed E-state index contributed by atoms with van der Waals surface area (Å²) in [4.78, 5) is 0. The molecule has 2 rings (SSSR count). The van der Waals surface area contributed by atoms with Crippen LogP contribution in [-0.4, -0.2) is 26.3 Å². The van der Waals surface area contributed by atoms with Gasteiger partial charge in [-0.05, 0) is 61.4 Å². The number of hydrogen-bond donors (Lipinski definition) is 2. The van der Waals surface area contributed by atoms with Gasteiger partial charge in [0.1, 0.15) is 11.5 Å². The zero-order valence-electron chi connectivity index (χ0n) is 14.7. The average molecular weight is 328 g/mol.